The minimum Gasteiger partial charge on any atom is -0.471 e. The van der Waals surface area contributed by atoms with Gasteiger partial charge in [0.15, 0.2) is 0 Å². The summed E-state index contributed by atoms with van der Waals surface area (Å²) >= 11 is 0. The molecule has 3 heterocycles. The third-order valence-electron chi connectivity index (χ3n) is 4.29. The van der Waals surface area contributed by atoms with Gasteiger partial charge in [-0.3, -0.25) is 4.68 Å². The number of sulfonamides is 1. The maximum Gasteiger partial charge on any atom is 0.319 e. The van der Waals surface area contributed by atoms with Crippen LogP contribution >= 0.6 is 0 Å². The summed E-state index contributed by atoms with van der Waals surface area (Å²) in [5.74, 6) is 0.727. The fraction of sp³-hybridized carbons (Fsp3) is 0.167. The van der Waals surface area contributed by atoms with Crippen molar-refractivity contribution in [2.24, 2.45) is 12.2 Å². The van der Waals surface area contributed by atoms with Gasteiger partial charge < -0.3 is 14.0 Å². The fourth-order valence-corrected chi connectivity index (χ4v) is 3.28. The van der Waals surface area contributed by atoms with Crippen molar-refractivity contribution < 1.29 is 22.4 Å². The van der Waals surface area contributed by atoms with Crippen molar-refractivity contribution in [3.05, 3.63) is 48.4 Å². The van der Waals surface area contributed by atoms with E-state index in [0.29, 0.717) is 22.7 Å². The molecule has 0 amide bonds. The van der Waals surface area contributed by atoms with Crippen molar-refractivity contribution >= 4 is 10.0 Å². The van der Waals surface area contributed by atoms with Gasteiger partial charge in [0.2, 0.25) is 21.7 Å². The molecule has 31 heavy (non-hydrogen) atoms. The number of hydrogen-bond acceptors (Lipinski definition) is 10. The summed E-state index contributed by atoms with van der Waals surface area (Å²) in [5.41, 5.74) is 1.66. The first-order valence-corrected chi connectivity index (χ1v) is 10.4. The summed E-state index contributed by atoms with van der Waals surface area (Å²) in [6, 6.07) is 7.75. The van der Waals surface area contributed by atoms with Crippen LogP contribution in [0.4, 0.5) is 0 Å². The Balaban J connectivity index is 1.60. The number of primary sulfonamides is 1. The molecule has 0 bridgehead atoms. The Bertz CT molecular complexity index is 1330. The smallest absolute Gasteiger partial charge is 0.319 e. The number of hydrogen-bond donors (Lipinski definition) is 1. The lowest BCUT2D eigenvalue weighted by atomic mass is 10.2. The quantitative estimate of drug-likeness (QED) is 0.439. The van der Waals surface area contributed by atoms with Gasteiger partial charge in [0, 0.05) is 24.9 Å². The van der Waals surface area contributed by atoms with Gasteiger partial charge >= 0.3 is 6.01 Å². The van der Waals surface area contributed by atoms with Gasteiger partial charge in [0.05, 0.1) is 29.5 Å². The molecular weight excluding hydrogens is 426 g/mol. The summed E-state index contributed by atoms with van der Waals surface area (Å²) in [6.07, 6.45) is 3.09. The van der Waals surface area contributed by atoms with Crippen LogP contribution in [0.25, 0.3) is 22.8 Å². The van der Waals surface area contributed by atoms with Crippen LogP contribution in [0, 0.1) is 0 Å². The van der Waals surface area contributed by atoms with Crippen LogP contribution < -0.4 is 14.6 Å². The molecular formula is C18H17N7O5S. The van der Waals surface area contributed by atoms with E-state index in [-0.39, 0.29) is 29.2 Å². The second-order valence-electron chi connectivity index (χ2n) is 6.29. The minimum absolute atomic E-state index is 0.0490. The third kappa shape index (κ3) is 4.36. The Kier molecular flexibility index (Phi) is 5.35. The number of aromatic nitrogens is 6. The molecule has 0 saturated heterocycles. The highest BCUT2D eigenvalue weighted by Crippen LogP contribution is 2.26. The average molecular weight is 443 g/mol. The normalized spacial score (nSPS) is 11.5. The van der Waals surface area contributed by atoms with E-state index in [1.165, 1.54) is 25.4 Å². The molecule has 0 aliphatic heterocycles. The molecule has 0 radical (unpaired) electrons. The van der Waals surface area contributed by atoms with Crippen LogP contribution in [0.3, 0.4) is 0 Å². The number of nitrogens with two attached hydrogens (primary N) is 1. The highest BCUT2D eigenvalue weighted by molar-refractivity contribution is 7.89. The average Bonchev–Trinajstić information content (AvgIpc) is 3.39. The van der Waals surface area contributed by atoms with Crippen molar-refractivity contribution in [3.63, 3.8) is 0 Å². The van der Waals surface area contributed by atoms with E-state index in [4.69, 9.17) is 19.1 Å². The summed E-state index contributed by atoms with van der Waals surface area (Å²) in [4.78, 5) is 12.3. The van der Waals surface area contributed by atoms with Crippen LogP contribution in [-0.2, 0) is 23.7 Å². The number of aryl methyl sites for hydroxylation is 1. The minimum atomic E-state index is -3.86. The second-order valence-corrected chi connectivity index (χ2v) is 7.86. The van der Waals surface area contributed by atoms with Crippen molar-refractivity contribution in [2.75, 3.05) is 7.11 Å². The van der Waals surface area contributed by atoms with Gasteiger partial charge in [-0.1, -0.05) is 17.3 Å². The zero-order valence-corrected chi connectivity index (χ0v) is 17.3. The number of rotatable bonds is 7. The maximum atomic E-state index is 11.6. The van der Waals surface area contributed by atoms with Crippen LogP contribution in [0.15, 0.2) is 52.1 Å². The van der Waals surface area contributed by atoms with Crippen LogP contribution in [0.2, 0.25) is 0 Å². The molecule has 0 unspecified atom stereocenters. The Morgan fingerprint density at radius 3 is 2.84 bits per heavy atom. The van der Waals surface area contributed by atoms with Crippen LogP contribution in [-0.4, -0.2) is 45.4 Å². The molecule has 13 heteroatoms. The van der Waals surface area contributed by atoms with Crippen molar-refractivity contribution in [1.29, 1.82) is 0 Å². The maximum absolute atomic E-state index is 11.6. The molecule has 0 aliphatic rings. The van der Waals surface area contributed by atoms with Gasteiger partial charge in [-0.05, 0) is 12.1 Å². The highest BCUT2D eigenvalue weighted by Gasteiger charge is 2.19. The van der Waals surface area contributed by atoms with E-state index in [9.17, 15) is 8.42 Å². The zero-order valence-electron chi connectivity index (χ0n) is 16.5. The first kappa shape index (κ1) is 20.4. The predicted octanol–water partition coefficient (Wildman–Crippen LogP) is 1.16. The standard InChI is InChI=1S/C18H17N7O5S/c1-25-14(10-29-15-6-7-20-18(22-15)28-2)13(9-21-25)17-23-16(24-30-17)11-4-3-5-12(8-11)31(19,26)27/h3-9H,10H2,1-2H3,(H2,19,26,27). The van der Waals surface area contributed by atoms with Gasteiger partial charge in [-0.25, -0.2) is 18.5 Å². The molecule has 4 rings (SSSR count). The molecule has 12 nitrogen and oxygen atoms in total. The van der Waals surface area contributed by atoms with Gasteiger partial charge in [-0.2, -0.15) is 15.1 Å². The Morgan fingerprint density at radius 2 is 2.06 bits per heavy atom. The summed E-state index contributed by atoms with van der Waals surface area (Å²) in [7, 11) is -0.648. The van der Waals surface area contributed by atoms with E-state index in [1.807, 2.05) is 0 Å². The van der Waals surface area contributed by atoms with Crippen molar-refractivity contribution in [2.45, 2.75) is 11.5 Å². The van der Waals surface area contributed by atoms with E-state index < -0.39 is 10.0 Å². The molecule has 2 N–H and O–H groups in total. The summed E-state index contributed by atoms with van der Waals surface area (Å²) in [5, 5.41) is 13.4. The molecule has 0 saturated carbocycles. The summed E-state index contributed by atoms with van der Waals surface area (Å²) < 4.78 is 40.9. The molecule has 1 aromatic carbocycles. The molecule has 0 fully saturated rings. The predicted molar refractivity (Wildman–Crippen MR) is 106 cm³/mol. The Morgan fingerprint density at radius 1 is 1.23 bits per heavy atom. The zero-order chi connectivity index (χ0) is 22.0. The number of nitrogens with zero attached hydrogens (tertiary/aromatic N) is 6. The molecule has 3 aromatic heterocycles. The molecule has 0 atom stereocenters. The molecule has 4 aromatic rings. The van der Waals surface area contributed by atoms with E-state index in [1.54, 1.807) is 36.1 Å². The lowest BCUT2D eigenvalue weighted by Crippen LogP contribution is -2.11. The van der Waals surface area contributed by atoms with Crippen molar-refractivity contribution in [3.8, 4) is 34.7 Å². The first-order chi connectivity index (χ1) is 14.8. The van der Waals surface area contributed by atoms with Crippen LogP contribution in [0.1, 0.15) is 5.69 Å². The Labute approximate surface area is 176 Å². The Hall–Kier alpha value is -3.84. The van der Waals surface area contributed by atoms with E-state index >= 15 is 0 Å². The first-order valence-electron chi connectivity index (χ1n) is 8.83. The molecule has 0 aliphatic carbocycles. The van der Waals surface area contributed by atoms with Gasteiger partial charge in [0.25, 0.3) is 5.89 Å². The van der Waals surface area contributed by atoms with Crippen molar-refractivity contribution in [1.82, 2.24) is 29.9 Å². The number of ether oxygens (including phenoxy) is 2. The van der Waals surface area contributed by atoms with Gasteiger partial charge in [0.1, 0.15) is 6.61 Å². The van der Waals surface area contributed by atoms with E-state index in [2.05, 4.69) is 25.2 Å². The lowest BCUT2D eigenvalue weighted by Gasteiger charge is -2.07. The van der Waals surface area contributed by atoms with Gasteiger partial charge in [-0.15, -0.1) is 0 Å². The third-order valence-corrected chi connectivity index (χ3v) is 5.20. The second kappa shape index (κ2) is 8.12. The lowest BCUT2D eigenvalue weighted by molar-refractivity contribution is 0.275. The summed E-state index contributed by atoms with van der Waals surface area (Å²) in [6.45, 7) is 0.116. The molecule has 0 spiro atoms. The number of methoxy groups -OCH3 is 1. The number of benzene rings is 1. The fourth-order valence-electron chi connectivity index (χ4n) is 2.72. The van der Waals surface area contributed by atoms with Crippen LogP contribution in [0.5, 0.6) is 11.9 Å². The highest BCUT2D eigenvalue weighted by atomic mass is 32.2. The monoisotopic (exact) mass is 443 g/mol. The van der Waals surface area contributed by atoms with E-state index in [0.717, 1.165) is 0 Å². The largest absolute Gasteiger partial charge is 0.471 e. The molecule has 160 valence electrons. The SMILES string of the molecule is COc1nccc(OCc2c(-c3nc(-c4cccc(S(N)(=O)=O)c4)no3)cnn2C)n1. The topological polar surface area (TPSA) is 161 Å².